The van der Waals surface area contributed by atoms with Crippen LogP contribution in [0.5, 0.6) is 11.5 Å². The Morgan fingerprint density at radius 3 is 2.31 bits per heavy atom. The summed E-state index contributed by atoms with van der Waals surface area (Å²) in [5, 5.41) is 2.07. The van der Waals surface area contributed by atoms with Crippen LogP contribution in [0.1, 0.15) is 12.5 Å². The Bertz CT molecular complexity index is 1470. The van der Waals surface area contributed by atoms with Crippen LogP contribution in [0.3, 0.4) is 0 Å². The van der Waals surface area contributed by atoms with Crippen molar-refractivity contribution in [1.29, 1.82) is 0 Å². The van der Waals surface area contributed by atoms with E-state index in [1.807, 2.05) is 6.92 Å². The van der Waals surface area contributed by atoms with Gasteiger partial charge in [-0.25, -0.2) is 9.69 Å². The number of hydrogen-bond donors (Lipinski definition) is 1. The van der Waals surface area contributed by atoms with Gasteiger partial charge in [0.2, 0.25) is 0 Å². The summed E-state index contributed by atoms with van der Waals surface area (Å²) >= 11 is 6.22. The predicted octanol–water partition coefficient (Wildman–Crippen LogP) is 4.17. The number of imide groups is 2. The molecule has 0 atom stereocenters. The molecule has 184 valence electrons. The minimum Gasteiger partial charge on any atom is -0.494 e. The largest absolute Gasteiger partial charge is 0.494 e. The van der Waals surface area contributed by atoms with Gasteiger partial charge in [0.25, 0.3) is 11.8 Å². The third-order valence-corrected chi connectivity index (χ3v) is 6.55. The normalized spacial score (nSPS) is 15.1. The molecular formula is C25H19ClN2O7S. The first kappa shape index (κ1) is 25.0. The molecule has 3 aromatic carbocycles. The van der Waals surface area contributed by atoms with E-state index in [2.05, 4.69) is 5.32 Å². The molecule has 4 amide bonds. The van der Waals surface area contributed by atoms with Crippen molar-refractivity contribution >= 4 is 51.3 Å². The predicted molar refractivity (Wildman–Crippen MR) is 132 cm³/mol. The molecule has 1 aliphatic rings. The van der Waals surface area contributed by atoms with E-state index in [4.69, 9.17) is 20.5 Å². The topological polar surface area (TPSA) is 119 Å². The zero-order valence-corrected chi connectivity index (χ0v) is 20.4. The molecule has 11 heteroatoms. The molecule has 0 radical (unpaired) electrons. The second-order valence-electron chi connectivity index (χ2n) is 7.43. The third-order valence-electron chi connectivity index (χ3n) is 5.01. The van der Waals surface area contributed by atoms with Crippen molar-refractivity contribution in [1.82, 2.24) is 5.32 Å². The molecule has 0 spiro atoms. The highest BCUT2D eigenvalue weighted by atomic mass is 35.5. The molecule has 1 aliphatic heterocycles. The van der Waals surface area contributed by atoms with Crippen molar-refractivity contribution in [2.75, 3.05) is 11.5 Å². The van der Waals surface area contributed by atoms with Gasteiger partial charge in [0.1, 0.15) is 16.2 Å². The molecule has 3 aromatic rings. The highest BCUT2D eigenvalue weighted by molar-refractivity contribution is 7.87. The third kappa shape index (κ3) is 5.24. The van der Waals surface area contributed by atoms with Crippen LogP contribution in [0.2, 0.25) is 5.02 Å². The van der Waals surface area contributed by atoms with E-state index < -0.39 is 28.0 Å². The lowest BCUT2D eigenvalue weighted by atomic mass is 10.1. The Kier molecular flexibility index (Phi) is 7.09. The summed E-state index contributed by atoms with van der Waals surface area (Å²) in [6.45, 7) is 2.28. The van der Waals surface area contributed by atoms with Crippen LogP contribution in [0.4, 0.5) is 10.5 Å². The lowest BCUT2D eigenvalue weighted by Crippen LogP contribution is -2.54. The number of halogens is 1. The van der Waals surface area contributed by atoms with Crippen LogP contribution >= 0.6 is 11.6 Å². The summed E-state index contributed by atoms with van der Waals surface area (Å²) in [5.41, 5.74) is 0.237. The van der Waals surface area contributed by atoms with Gasteiger partial charge in [-0.15, -0.1) is 0 Å². The summed E-state index contributed by atoms with van der Waals surface area (Å²) in [4.78, 5) is 38.7. The Morgan fingerprint density at radius 2 is 1.67 bits per heavy atom. The number of nitrogens with zero attached hydrogens (tertiary/aromatic N) is 1. The number of urea groups is 1. The SMILES string of the molecule is CCOc1ccc(N2C(=O)NC(=O)/C(=C\c3ccc(OS(=O)(=O)c4ccccc4)c(Cl)c3)C2=O)cc1. The monoisotopic (exact) mass is 526 g/mol. The van der Waals surface area contributed by atoms with Crippen LogP contribution in [-0.2, 0) is 19.7 Å². The van der Waals surface area contributed by atoms with Crippen LogP contribution in [0.15, 0.2) is 83.3 Å². The van der Waals surface area contributed by atoms with Gasteiger partial charge in [0.05, 0.1) is 17.3 Å². The minimum absolute atomic E-state index is 0.0456. The van der Waals surface area contributed by atoms with Gasteiger partial charge >= 0.3 is 16.1 Å². The van der Waals surface area contributed by atoms with Crippen molar-refractivity contribution in [3.63, 3.8) is 0 Å². The van der Waals surface area contributed by atoms with Gasteiger partial charge in [-0.1, -0.05) is 35.9 Å². The quantitative estimate of drug-likeness (QED) is 0.279. The maximum atomic E-state index is 13.1. The molecule has 0 aliphatic carbocycles. The minimum atomic E-state index is -4.12. The van der Waals surface area contributed by atoms with Gasteiger partial charge in [-0.05, 0) is 67.1 Å². The number of benzene rings is 3. The molecule has 0 aromatic heterocycles. The average molecular weight is 527 g/mol. The van der Waals surface area contributed by atoms with E-state index in [1.165, 1.54) is 48.5 Å². The molecule has 9 nitrogen and oxygen atoms in total. The van der Waals surface area contributed by atoms with E-state index in [0.29, 0.717) is 17.9 Å². The van der Waals surface area contributed by atoms with Gasteiger partial charge in [-0.3, -0.25) is 14.9 Å². The number of ether oxygens (including phenoxy) is 1. The van der Waals surface area contributed by atoms with Crippen LogP contribution in [-0.4, -0.2) is 32.9 Å². The lowest BCUT2D eigenvalue weighted by molar-refractivity contribution is -0.122. The van der Waals surface area contributed by atoms with Crippen molar-refractivity contribution < 1.29 is 31.7 Å². The lowest BCUT2D eigenvalue weighted by Gasteiger charge is -2.26. The standard InChI is InChI=1S/C25H19ClN2O7S/c1-2-34-18-11-9-17(10-12-18)28-24(30)20(23(29)27-25(28)31)14-16-8-13-22(21(26)15-16)35-36(32,33)19-6-4-3-5-7-19/h3-15H,2H2,1H3,(H,27,29,31)/b20-14+. The second-order valence-corrected chi connectivity index (χ2v) is 9.38. The summed E-state index contributed by atoms with van der Waals surface area (Å²) in [7, 11) is -4.12. The molecule has 0 bridgehead atoms. The fourth-order valence-corrected chi connectivity index (χ4v) is 4.59. The molecule has 36 heavy (non-hydrogen) atoms. The average Bonchev–Trinajstić information content (AvgIpc) is 2.85. The first-order valence-corrected chi connectivity index (χ1v) is 12.4. The number of rotatable bonds is 7. The van der Waals surface area contributed by atoms with E-state index >= 15 is 0 Å². The van der Waals surface area contributed by atoms with Crippen molar-refractivity contribution in [3.05, 3.63) is 89.0 Å². The maximum absolute atomic E-state index is 13.1. The number of barbiturate groups is 1. The number of nitrogens with one attached hydrogen (secondary N) is 1. The fourth-order valence-electron chi connectivity index (χ4n) is 3.34. The summed E-state index contributed by atoms with van der Waals surface area (Å²) in [6.07, 6.45) is 1.24. The first-order chi connectivity index (χ1) is 17.2. The summed E-state index contributed by atoms with van der Waals surface area (Å²) < 4.78 is 35.4. The second kappa shape index (κ2) is 10.2. The molecule has 1 saturated heterocycles. The fraction of sp³-hybridized carbons (Fsp3) is 0.0800. The number of hydrogen-bond acceptors (Lipinski definition) is 7. The molecule has 1 heterocycles. The van der Waals surface area contributed by atoms with Gasteiger partial charge < -0.3 is 8.92 Å². The molecule has 0 saturated carbocycles. The number of anilines is 1. The Labute approximate surface area is 212 Å². The van der Waals surface area contributed by atoms with Gasteiger partial charge in [-0.2, -0.15) is 8.42 Å². The first-order valence-electron chi connectivity index (χ1n) is 10.6. The van der Waals surface area contributed by atoms with Crippen molar-refractivity contribution in [3.8, 4) is 11.5 Å². The van der Waals surface area contributed by atoms with Crippen LogP contribution in [0, 0.1) is 0 Å². The highest BCUT2D eigenvalue weighted by Crippen LogP contribution is 2.30. The number of carbonyl (C=O) groups excluding carboxylic acids is 3. The molecule has 1 N–H and O–H groups in total. The number of carbonyl (C=O) groups is 3. The zero-order chi connectivity index (χ0) is 25.9. The molecule has 1 fully saturated rings. The maximum Gasteiger partial charge on any atom is 0.339 e. The zero-order valence-electron chi connectivity index (χ0n) is 18.8. The Morgan fingerprint density at radius 1 is 0.972 bits per heavy atom. The van der Waals surface area contributed by atoms with Crippen molar-refractivity contribution in [2.45, 2.75) is 11.8 Å². The number of amides is 4. The van der Waals surface area contributed by atoms with E-state index in [-0.39, 0.29) is 26.9 Å². The van der Waals surface area contributed by atoms with E-state index in [9.17, 15) is 22.8 Å². The van der Waals surface area contributed by atoms with Crippen LogP contribution in [0.25, 0.3) is 6.08 Å². The van der Waals surface area contributed by atoms with Crippen molar-refractivity contribution in [2.24, 2.45) is 0 Å². The van der Waals surface area contributed by atoms with Crippen LogP contribution < -0.4 is 19.1 Å². The van der Waals surface area contributed by atoms with E-state index in [1.54, 1.807) is 30.3 Å². The smallest absolute Gasteiger partial charge is 0.339 e. The molecule has 0 unspecified atom stereocenters. The van der Waals surface area contributed by atoms with Gasteiger partial charge in [0.15, 0.2) is 5.75 Å². The highest BCUT2D eigenvalue weighted by Gasteiger charge is 2.36. The molecular weight excluding hydrogens is 508 g/mol. The summed E-state index contributed by atoms with van der Waals surface area (Å²) in [5.74, 6) is -1.29. The Hall–Kier alpha value is -4.15. The van der Waals surface area contributed by atoms with Gasteiger partial charge in [0, 0.05) is 0 Å². The Balaban J connectivity index is 1.60. The van der Waals surface area contributed by atoms with E-state index in [0.717, 1.165) is 4.90 Å². The molecule has 4 rings (SSSR count). The summed E-state index contributed by atoms with van der Waals surface area (Å²) in [6, 6.07) is 17.0.